The van der Waals surface area contributed by atoms with E-state index in [2.05, 4.69) is 29.3 Å². The number of hydrogen-bond donors (Lipinski definition) is 1. The molecule has 3 atom stereocenters. The minimum Gasteiger partial charge on any atom is -0.372 e. The summed E-state index contributed by atoms with van der Waals surface area (Å²) in [6.45, 7) is 6.50. The Balaban J connectivity index is 1.56. The second-order valence-corrected chi connectivity index (χ2v) is 6.60. The van der Waals surface area contributed by atoms with Gasteiger partial charge in [-0.2, -0.15) is 0 Å². The summed E-state index contributed by atoms with van der Waals surface area (Å²) in [5.74, 6) is 0. The van der Waals surface area contributed by atoms with Gasteiger partial charge in [0.25, 0.3) is 0 Å². The van der Waals surface area contributed by atoms with Crippen molar-refractivity contribution in [1.29, 1.82) is 0 Å². The lowest BCUT2D eigenvalue weighted by molar-refractivity contribution is -0.0390. The fraction of sp³-hybridized carbons (Fsp3) is 0.647. The van der Waals surface area contributed by atoms with Gasteiger partial charge in [-0.05, 0) is 43.5 Å². The molecule has 2 bridgehead atoms. The van der Waals surface area contributed by atoms with Crippen LogP contribution in [0.2, 0.25) is 5.02 Å². The maximum absolute atomic E-state index is 5.99. The minimum atomic E-state index is 0.410. The summed E-state index contributed by atoms with van der Waals surface area (Å²) >= 11 is 5.99. The average Bonchev–Trinajstić information content (AvgIpc) is 2.83. The van der Waals surface area contributed by atoms with Crippen LogP contribution in [0.25, 0.3) is 0 Å². The molecule has 3 nitrogen and oxygen atoms in total. The van der Waals surface area contributed by atoms with Crippen LogP contribution in [0.4, 0.5) is 0 Å². The summed E-state index contributed by atoms with van der Waals surface area (Å²) in [7, 11) is 0. The van der Waals surface area contributed by atoms with Crippen LogP contribution >= 0.6 is 11.6 Å². The van der Waals surface area contributed by atoms with Crippen molar-refractivity contribution in [1.82, 2.24) is 10.2 Å². The molecule has 0 radical (unpaired) electrons. The molecule has 1 aromatic carbocycles. The zero-order valence-electron chi connectivity index (χ0n) is 12.7. The molecular weight excluding hydrogens is 284 g/mol. The molecule has 3 unspecified atom stereocenters. The zero-order valence-corrected chi connectivity index (χ0v) is 13.5. The SMILES string of the molecule is CCNC(CCN1CC2CCC(C1)O2)c1ccc(Cl)cc1. The molecule has 0 amide bonds. The summed E-state index contributed by atoms with van der Waals surface area (Å²) in [4.78, 5) is 2.58. The van der Waals surface area contributed by atoms with E-state index in [9.17, 15) is 0 Å². The molecule has 116 valence electrons. The molecule has 1 N–H and O–H groups in total. The van der Waals surface area contributed by atoms with Gasteiger partial charge in [0.2, 0.25) is 0 Å². The highest BCUT2D eigenvalue weighted by Gasteiger charge is 2.33. The maximum Gasteiger partial charge on any atom is 0.0707 e. The van der Waals surface area contributed by atoms with Crippen molar-refractivity contribution in [2.75, 3.05) is 26.2 Å². The minimum absolute atomic E-state index is 0.410. The molecule has 3 rings (SSSR count). The van der Waals surface area contributed by atoms with Gasteiger partial charge in [0.05, 0.1) is 12.2 Å². The van der Waals surface area contributed by atoms with Crippen molar-refractivity contribution in [3.05, 3.63) is 34.9 Å². The van der Waals surface area contributed by atoms with Crippen LogP contribution in [0, 0.1) is 0 Å². The molecule has 21 heavy (non-hydrogen) atoms. The monoisotopic (exact) mass is 308 g/mol. The first-order valence-corrected chi connectivity index (χ1v) is 8.49. The van der Waals surface area contributed by atoms with Crippen molar-refractivity contribution in [2.24, 2.45) is 0 Å². The van der Waals surface area contributed by atoms with Gasteiger partial charge in [0.15, 0.2) is 0 Å². The lowest BCUT2D eigenvalue weighted by Crippen LogP contribution is -2.43. The molecule has 2 saturated heterocycles. The number of nitrogens with zero attached hydrogens (tertiary/aromatic N) is 1. The first-order valence-electron chi connectivity index (χ1n) is 8.11. The number of halogens is 1. The first kappa shape index (κ1) is 15.3. The molecule has 2 heterocycles. The Kier molecular flexibility index (Phi) is 5.17. The van der Waals surface area contributed by atoms with Crippen LogP contribution in [0.3, 0.4) is 0 Å². The maximum atomic E-state index is 5.99. The van der Waals surface area contributed by atoms with Crippen LogP contribution in [0.1, 0.15) is 37.8 Å². The highest BCUT2D eigenvalue weighted by atomic mass is 35.5. The molecule has 2 aliphatic rings. The second-order valence-electron chi connectivity index (χ2n) is 6.17. The molecule has 2 fully saturated rings. The fourth-order valence-electron chi connectivity index (χ4n) is 3.52. The number of nitrogens with one attached hydrogen (secondary N) is 1. The fourth-order valence-corrected chi connectivity index (χ4v) is 3.65. The number of likely N-dealkylation sites (tertiary alicyclic amines) is 1. The van der Waals surface area contributed by atoms with Gasteiger partial charge in [-0.15, -0.1) is 0 Å². The Bertz CT molecular complexity index is 439. The largest absolute Gasteiger partial charge is 0.372 e. The van der Waals surface area contributed by atoms with Crippen LogP contribution in [0.15, 0.2) is 24.3 Å². The normalized spacial score (nSPS) is 27.0. The molecule has 0 aromatic heterocycles. The van der Waals surface area contributed by atoms with E-state index in [0.717, 1.165) is 37.6 Å². The van der Waals surface area contributed by atoms with Crippen molar-refractivity contribution in [2.45, 2.75) is 44.4 Å². The van der Waals surface area contributed by atoms with Crippen LogP contribution in [-0.2, 0) is 4.74 Å². The second kappa shape index (κ2) is 7.10. The smallest absolute Gasteiger partial charge is 0.0707 e. The third kappa shape index (κ3) is 3.98. The molecule has 0 spiro atoms. The van der Waals surface area contributed by atoms with Crippen LogP contribution in [0.5, 0.6) is 0 Å². The Hall–Kier alpha value is -0.610. The molecule has 0 saturated carbocycles. The molecule has 2 aliphatic heterocycles. The van der Waals surface area contributed by atoms with Gasteiger partial charge in [0, 0.05) is 30.7 Å². The van der Waals surface area contributed by atoms with E-state index < -0.39 is 0 Å². The molecule has 4 heteroatoms. The number of fused-ring (bicyclic) bond motifs is 2. The predicted molar refractivity (Wildman–Crippen MR) is 86.8 cm³/mol. The summed E-state index contributed by atoms with van der Waals surface area (Å²) in [5.41, 5.74) is 1.33. The first-order chi connectivity index (χ1) is 10.2. The third-order valence-corrected chi connectivity index (χ3v) is 4.83. The zero-order chi connectivity index (χ0) is 14.7. The lowest BCUT2D eigenvalue weighted by atomic mass is 10.0. The summed E-state index contributed by atoms with van der Waals surface area (Å²) < 4.78 is 5.91. The number of ether oxygens (including phenoxy) is 1. The highest BCUT2D eigenvalue weighted by molar-refractivity contribution is 6.30. The van der Waals surface area contributed by atoms with Gasteiger partial charge in [-0.3, -0.25) is 4.90 Å². The topological polar surface area (TPSA) is 24.5 Å². The summed E-state index contributed by atoms with van der Waals surface area (Å²) in [6.07, 6.45) is 4.59. The predicted octanol–water partition coefficient (Wildman–Crippen LogP) is 3.24. The van der Waals surface area contributed by atoms with Crippen LogP contribution in [-0.4, -0.2) is 43.3 Å². The third-order valence-electron chi connectivity index (χ3n) is 4.58. The van der Waals surface area contributed by atoms with E-state index in [1.807, 2.05) is 12.1 Å². The number of rotatable bonds is 6. The summed E-state index contributed by atoms with van der Waals surface area (Å²) in [6, 6.07) is 8.65. The number of morpholine rings is 1. The summed E-state index contributed by atoms with van der Waals surface area (Å²) in [5, 5.41) is 4.40. The van der Waals surface area contributed by atoms with Crippen molar-refractivity contribution >= 4 is 11.6 Å². The number of hydrogen-bond acceptors (Lipinski definition) is 3. The Labute approximate surface area is 132 Å². The van der Waals surface area contributed by atoms with Gasteiger partial charge >= 0.3 is 0 Å². The van der Waals surface area contributed by atoms with Crippen molar-refractivity contribution in [3.63, 3.8) is 0 Å². The van der Waals surface area contributed by atoms with E-state index in [0.29, 0.717) is 18.2 Å². The quantitative estimate of drug-likeness (QED) is 0.873. The Morgan fingerprint density at radius 1 is 1.24 bits per heavy atom. The highest BCUT2D eigenvalue weighted by Crippen LogP contribution is 2.27. The average molecular weight is 309 g/mol. The van der Waals surface area contributed by atoms with E-state index >= 15 is 0 Å². The molecular formula is C17H25ClN2O. The van der Waals surface area contributed by atoms with Crippen LogP contribution < -0.4 is 5.32 Å². The van der Waals surface area contributed by atoms with Crippen molar-refractivity contribution < 1.29 is 4.74 Å². The van der Waals surface area contributed by atoms with E-state index in [1.165, 1.54) is 18.4 Å². The standard InChI is InChI=1S/C17H25ClN2O/c1-2-19-17(13-3-5-14(18)6-4-13)9-10-20-11-15-7-8-16(12-20)21-15/h3-6,15-17,19H,2,7-12H2,1H3. The van der Waals surface area contributed by atoms with Gasteiger partial charge in [-0.25, -0.2) is 0 Å². The van der Waals surface area contributed by atoms with E-state index in [4.69, 9.17) is 16.3 Å². The molecule has 0 aliphatic carbocycles. The van der Waals surface area contributed by atoms with E-state index in [-0.39, 0.29) is 0 Å². The molecule has 1 aromatic rings. The number of benzene rings is 1. The van der Waals surface area contributed by atoms with Gasteiger partial charge in [-0.1, -0.05) is 30.7 Å². The van der Waals surface area contributed by atoms with Gasteiger partial charge in [0.1, 0.15) is 0 Å². The van der Waals surface area contributed by atoms with E-state index in [1.54, 1.807) is 0 Å². The Morgan fingerprint density at radius 3 is 2.52 bits per heavy atom. The van der Waals surface area contributed by atoms with Crippen molar-refractivity contribution in [3.8, 4) is 0 Å². The lowest BCUT2D eigenvalue weighted by Gasteiger charge is -2.33. The Morgan fingerprint density at radius 2 is 1.90 bits per heavy atom. The van der Waals surface area contributed by atoms with Gasteiger partial charge < -0.3 is 10.1 Å².